The largest absolute Gasteiger partial charge is 0.439 e. The quantitative estimate of drug-likeness (QED) is 0.405. The Kier molecular flexibility index (Phi) is 8.15. The zero-order valence-corrected chi connectivity index (χ0v) is 19.7. The van der Waals surface area contributed by atoms with Crippen molar-refractivity contribution >= 4 is 0 Å². The number of para-hydroxylation sites is 2. The summed E-state index contributed by atoms with van der Waals surface area (Å²) in [5.41, 5.74) is 3.06. The van der Waals surface area contributed by atoms with Gasteiger partial charge in [-0.1, -0.05) is 43.3 Å². The third-order valence-electron chi connectivity index (χ3n) is 5.89. The monoisotopic (exact) mass is 449 g/mol. The lowest BCUT2D eigenvalue weighted by atomic mass is 10.1. The van der Waals surface area contributed by atoms with E-state index in [1.165, 1.54) is 12.8 Å². The van der Waals surface area contributed by atoms with Crippen molar-refractivity contribution in [2.24, 2.45) is 5.92 Å². The van der Waals surface area contributed by atoms with Gasteiger partial charge in [-0.15, -0.1) is 0 Å². The van der Waals surface area contributed by atoms with E-state index < -0.39 is 6.10 Å². The smallest absolute Gasteiger partial charge is 0.227 e. The molecule has 0 spiro atoms. The molecule has 2 aromatic carbocycles. The van der Waals surface area contributed by atoms with Gasteiger partial charge in [0.05, 0.1) is 29.7 Å². The molecule has 0 saturated heterocycles. The van der Waals surface area contributed by atoms with Crippen LogP contribution >= 0.6 is 0 Å². The molecule has 176 valence electrons. The molecular formula is C27H35N3O3. The molecule has 6 heteroatoms. The fraction of sp³-hybridized carbons (Fsp3) is 0.444. The predicted molar refractivity (Wildman–Crippen MR) is 130 cm³/mol. The van der Waals surface area contributed by atoms with E-state index in [0.29, 0.717) is 32.2 Å². The molecule has 1 atom stereocenters. The number of hydrogen-bond acceptors (Lipinski definition) is 5. The number of ether oxygens (including phenoxy) is 2. The van der Waals surface area contributed by atoms with Crippen LogP contribution in [0, 0.1) is 5.92 Å². The van der Waals surface area contributed by atoms with E-state index in [1.807, 2.05) is 72.3 Å². The number of nitrogens with zero attached hydrogens (tertiary/aromatic N) is 3. The first kappa shape index (κ1) is 23.5. The summed E-state index contributed by atoms with van der Waals surface area (Å²) in [5.74, 6) is 2.23. The van der Waals surface area contributed by atoms with Crippen LogP contribution in [-0.2, 0) is 17.7 Å². The molecule has 0 aliphatic heterocycles. The summed E-state index contributed by atoms with van der Waals surface area (Å²) in [4.78, 5) is 2.34. The van der Waals surface area contributed by atoms with Gasteiger partial charge in [0.1, 0.15) is 5.75 Å². The van der Waals surface area contributed by atoms with Crippen molar-refractivity contribution in [1.82, 2.24) is 14.7 Å². The fourth-order valence-corrected chi connectivity index (χ4v) is 4.07. The fourth-order valence-electron chi connectivity index (χ4n) is 4.07. The Morgan fingerprint density at radius 3 is 2.39 bits per heavy atom. The van der Waals surface area contributed by atoms with Gasteiger partial charge in [-0.05, 0) is 56.4 Å². The van der Waals surface area contributed by atoms with Crippen molar-refractivity contribution in [2.45, 2.75) is 45.8 Å². The molecule has 3 aromatic rings. The van der Waals surface area contributed by atoms with Crippen molar-refractivity contribution in [1.29, 1.82) is 0 Å². The lowest BCUT2D eigenvalue weighted by molar-refractivity contribution is 0.0186. The Balaban J connectivity index is 1.67. The molecule has 1 heterocycles. The van der Waals surface area contributed by atoms with Gasteiger partial charge in [0.2, 0.25) is 5.88 Å². The maximum absolute atomic E-state index is 10.6. The summed E-state index contributed by atoms with van der Waals surface area (Å²) in [6, 6.07) is 20.0. The van der Waals surface area contributed by atoms with E-state index in [1.54, 1.807) is 0 Å². The van der Waals surface area contributed by atoms with Gasteiger partial charge in [-0.25, -0.2) is 4.68 Å². The summed E-state index contributed by atoms with van der Waals surface area (Å²) in [5, 5.41) is 15.5. The van der Waals surface area contributed by atoms with E-state index in [4.69, 9.17) is 14.6 Å². The Morgan fingerprint density at radius 2 is 1.76 bits per heavy atom. The summed E-state index contributed by atoms with van der Waals surface area (Å²) in [7, 11) is 0. The van der Waals surface area contributed by atoms with Crippen LogP contribution in [-0.4, -0.2) is 52.2 Å². The molecule has 0 amide bonds. The van der Waals surface area contributed by atoms with Crippen molar-refractivity contribution in [3.05, 3.63) is 71.9 Å². The third-order valence-corrected chi connectivity index (χ3v) is 5.89. The molecular weight excluding hydrogens is 414 g/mol. The maximum Gasteiger partial charge on any atom is 0.227 e. The standard InChI is InChI=1S/C27H35N3O3/c1-3-26-25(19-29(17-21-15-16-21)18-23(31)20-32-4-2)27(33-24-13-9-6-10-14-24)30(28-26)22-11-7-5-8-12-22/h5-14,21,23,31H,3-4,15-20H2,1-2H3/t23-/m1/s1. The summed E-state index contributed by atoms with van der Waals surface area (Å²) in [6.07, 6.45) is 2.81. The average Bonchev–Trinajstić information content (AvgIpc) is 3.60. The van der Waals surface area contributed by atoms with E-state index in [-0.39, 0.29) is 0 Å². The molecule has 4 rings (SSSR count). The molecule has 1 N–H and O–H groups in total. The van der Waals surface area contributed by atoms with Crippen LogP contribution in [0.5, 0.6) is 11.6 Å². The van der Waals surface area contributed by atoms with Gasteiger partial charge in [-0.3, -0.25) is 4.90 Å². The van der Waals surface area contributed by atoms with Crippen LogP contribution in [0.4, 0.5) is 0 Å². The predicted octanol–water partition coefficient (Wildman–Crippen LogP) is 4.84. The molecule has 1 fully saturated rings. The van der Waals surface area contributed by atoms with Gasteiger partial charge >= 0.3 is 0 Å². The minimum Gasteiger partial charge on any atom is -0.439 e. The minimum atomic E-state index is -0.517. The second-order valence-corrected chi connectivity index (χ2v) is 8.70. The minimum absolute atomic E-state index is 0.356. The number of aliphatic hydroxyl groups is 1. The highest BCUT2D eigenvalue weighted by molar-refractivity contribution is 5.43. The Hall–Kier alpha value is -2.67. The molecule has 1 aliphatic carbocycles. The Morgan fingerprint density at radius 1 is 1.06 bits per heavy atom. The molecule has 0 unspecified atom stereocenters. The molecule has 1 aliphatic rings. The number of aryl methyl sites for hydroxylation is 1. The van der Waals surface area contributed by atoms with Crippen LogP contribution in [0.25, 0.3) is 5.69 Å². The second-order valence-electron chi connectivity index (χ2n) is 8.70. The van der Waals surface area contributed by atoms with E-state index in [9.17, 15) is 5.11 Å². The van der Waals surface area contributed by atoms with Crippen molar-refractivity contribution in [3.8, 4) is 17.3 Å². The lowest BCUT2D eigenvalue weighted by Gasteiger charge is -2.25. The van der Waals surface area contributed by atoms with Gasteiger partial charge in [-0.2, -0.15) is 5.10 Å². The normalized spacial score (nSPS) is 14.5. The molecule has 0 radical (unpaired) electrons. The van der Waals surface area contributed by atoms with Crippen LogP contribution in [0.2, 0.25) is 0 Å². The molecule has 0 bridgehead atoms. The van der Waals surface area contributed by atoms with Gasteiger partial charge < -0.3 is 14.6 Å². The van der Waals surface area contributed by atoms with Crippen molar-refractivity contribution in [2.75, 3.05) is 26.3 Å². The highest BCUT2D eigenvalue weighted by atomic mass is 16.5. The van der Waals surface area contributed by atoms with E-state index in [2.05, 4.69) is 11.8 Å². The zero-order chi connectivity index (χ0) is 23.0. The Labute approximate surface area is 196 Å². The van der Waals surface area contributed by atoms with Gasteiger partial charge in [0.25, 0.3) is 0 Å². The molecule has 1 saturated carbocycles. The average molecular weight is 450 g/mol. The van der Waals surface area contributed by atoms with Crippen LogP contribution in [0.3, 0.4) is 0 Å². The van der Waals surface area contributed by atoms with Crippen LogP contribution in [0.15, 0.2) is 60.7 Å². The highest BCUT2D eigenvalue weighted by Crippen LogP contribution is 2.34. The molecule has 6 nitrogen and oxygen atoms in total. The van der Waals surface area contributed by atoms with Crippen molar-refractivity contribution < 1.29 is 14.6 Å². The summed E-state index contributed by atoms with van der Waals surface area (Å²) >= 11 is 0. The van der Waals surface area contributed by atoms with Crippen molar-refractivity contribution in [3.63, 3.8) is 0 Å². The third kappa shape index (κ3) is 6.44. The first-order chi connectivity index (χ1) is 16.2. The second kappa shape index (κ2) is 11.5. The number of rotatable bonds is 13. The van der Waals surface area contributed by atoms with Crippen LogP contribution in [0.1, 0.15) is 37.9 Å². The SMILES string of the molecule is CCOC[C@H](O)CN(Cc1c(CC)nn(-c2ccccc2)c1Oc1ccccc1)CC1CC1. The first-order valence-electron chi connectivity index (χ1n) is 12.0. The Bertz CT molecular complexity index is 987. The van der Waals surface area contributed by atoms with E-state index >= 15 is 0 Å². The highest BCUT2D eigenvalue weighted by Gasteiger charge is 2.28. The number of aromatic nitrogens is 2. The summed E-state index contributed by atoms with van der Waals surface area (Å²) < 4.78 is 13.8. The summed E-state index contributed by atoms with van der Waals surface area (Å²) in [6.45, 7) is 7.26. The van der Waals surface area contributed by atoms with Gasteiger partial charge in [0, 0.05) is 26.2 Å². The number of aliphatic hydroxyl groups excluding tert-OH is 1. The van der Waals surface area contributed by atoms with Gasteiger partial charge in [0.15, 0.2) is 0 Å². The first-order valence-corrected chi connectivity index (χ1v) is 12.0. The lowest BCUT2D eigenvalue weighted by Crippen LogP contribution is -2.36. The topological polar surface area (TPSA) is 59.8 Å². The zero-order valence-electron chi connectivity index (χ0n) is 19.7. The number of hydrogen-bond donors (Lipinski definition) is 1. The van der Waals surface area contributed by atoms with Crippen LogP contribution < -0.4 is 4.74 Å². The maximum atomic E-state index is 10.6. The molecule has 33 heavy (non-hydrogen) atoms. The molecule has 1 aromatic heterocycles. The number of benzene rings is 2. The van der Waals surface area contributed by atoms with E-state index in [0.717, 1.165) is 41.5 Å².